The topological polar surface area (TPSA) is 67.2 Å². The molecule has 2 aromatic rings. The fourth-order valence-corrected chi connectivity index (χ4v) is 3.45. The summed E-state index contributed by atoms with van der Waals surface area (Å²) in [5.74, 6) is -0.923. The van der Waals surface area contributed by atoms with E-state index in [1.54, 1.807) is 30.9 Å². The van der Waals surface area contributed by atoms with Crippen molar-refractivity contribution in [3.63, 3.8) is 0 Å². The molecular weight excluding hydrogens is 369 g/mol. The predicted octanol–water partition coefficient (Wildman–Crippen LogP) is 2.90. The van der Waals surface area contributed by atoms with Gasteiger partial charge in [-0.1, -0.05) is 11.8 Å². The number of halogens is 3. The van der Waals surface area contributed by atoms with Crippen LogP contribution in [0.4, 0.5) is 24.5 Å². The van der Waals surface area contributed by atoms with Gasteiger partial charge in [0.05, 0.1) is 22.2 Å². The second-order valence-electron chi connectivity index (χ2n) is 5.78. The molecule has 2 amide bonds. The van der Waals surface area contributed by atoms with E-state index in [2.05, 4.69) is 10.3 Å². The van der Waals surface area contributed by atoms with E-state index in [0.717, 1.165) is 12.1 Å². The number of benzene rings is 1. The van der Waals surface area contributed by atoms with Gasteiger partial charge in [0.15, 0.2) is 5.16 Å². The standard InChI is InChI=1S/C16H15F3N4O2S/c1-9(26-15-20-5-6-22(15)2)14(25)23-8-13(24)21-11-7-10(16(17,18)19)3-4-12(11)23/h3-7,9H,8H2,1-2H3,(H,21,24)/t9-/m1/s1. The van der Waals surface area contributed by atoms with Crippen LogP contribution < -0.4 is 10.2 Å². The van der Waals surface area contributed by atoms with Gasteiger partial charge in [-0.25, -0.2) is 4.98 Å². The van der Waals surface area contributed by atoms with Crippen LogP contribution in [0.2, 0.25) is 0 Å². The molecule has 1 aliphatic rings. The summed E-state index contributed by atoms with van der Waals surface area (Å²) in [4.78, 5) is 30.0. The molecule has 1 atom stereocenters. The zero-order valence-corrected chi connectivity index (χ0v) is 14.7. The van der Waals surface area contributed by atoms with Gasteiger partial charge >= 0.3 is 6.18 Å². The highest BCUT2D eigenvalue weighted by molar-refractivity contribution is 8.00. The fourth-order valence-electron chi connectivity index (χ4n) is 2.56. The normalized spacial score (nSPS) is 15.4. The van der Waals surface area contributed by atoms with Crippen molar-refractivity contribution in [3.8, 4) is 0 Å². The van der Waals surface area contributed by atoms with Crippen LogP contribution in [0.25, 0.3) is 0 Å². The lowest BCUT2D eigenvalue weighted by Gasteiger charge is -2.31. The molecule has 1 aromatic carbocycles. The van der Waals surface area contributed by atoms with Crippen molar-refractivity contribution in [1.82, 2.24) is 9.55 Å². The van der Waals surface area contributed by atoms with Gasteiger partial charge in [-0.3, -0.25) is 14.5 Å². The lowest BCUT2D eigenvalue weighted by atomic mass is 10.1. The van der Waals surface area contributed by atoms with Crippen LogP contribution in [0.15, 0.2) is 35.7 Å². The minimum absolute atomic E-state index is 0.0291. The first-order valence-corrected chi connectivity index (χ1v) is 8.51. The molecule has 0 aliphatic carbocycles. The first-order chi connectivity index (χ1) is 12.2. The molecule has 6 nitrogen and oxygen atoms in total. The number of hydrogen-bond acceptors (Lipinski definition) is 4. The molecule has 3 rings (SSSR count). The number of nitrogens with one attached hydrogen (secondary N) is 1. The molecule has 0 saturated carbocycles. The van der Waals surface area contributed by atoms with E-state index >= 15 is 0 Å². The highest BCUT2D eigenvalue weighted by Gasteiger charge is 2.35. The zero-order chi connectivity index (χ0) is 19.1. The quantitative estimate of drug-likeness (QED) is 0.827. The van der Waals surface area contributed by atoms with Crippen molar-refractivity contribution >= 4 is 35.0 Å². The van der Waals surface area contributed by atoms with Crippen LogP contribution in [-0.2, 0) is 22.8 Å². The number of aromatic nitrogens is 2. The number of fused-ring (bicyclic) bond motifs is 1. The zero-order valence-electron chi connectivity index (χ0n) is 13.9. The van der Waals surface area contributed by atoms with Crippen LogP contribution in [0.5, 0.6) is 0 Å². The SMILES string of the molecule is C[C@@H](Sc1nccn1C)C(=O)N1CC(=O)Nc2cc(C(F)(F)F)ccc21. The Morgan fingerprint density at radius 2 is 2.12 bits per heavy atom. The van der Waals surface area contributed by atoms with E-state index < -0.39 is 22.9 Å². The van der Waals surface area contributed by atoms with Gasteiger partial charge in [-0.05, 0) is 25.1 Å². The molecule has 1 aromatic heterocycles. The Bertz CT molecular complexity index is 865. The molecule has 0 spiro atoms. The van der Waals surface area contributed by atoms with Gasteiger partial charge < -0.3 is 9.88 Å². The molecule has 0 saturated heterocycles. The number of alkyl halides is 3. The Morgan fingerprint density at radius 1 is 1.38 bits per heavy atom. The first kappa shape index (κ1) is 18.3. The molecule has 0 bridgehead atoms. The van der Waals surface area contributed by atoms with Crippen molar-refractivity contribution in [2.45, 2.75) is 23.5 Å². The number of imidazole rings is 1. The summed E-state index contributed by atoms with van der Waals surface area (Å²) in [6.07, 6.45) is -1.20. The van der Waals surface area contributed by atoms with E-state index in [9.17, 15) is 22.8 Å². The van der Waals surface area contributed by atoms with E-state index in [0.29, 0.717) is 5.16 Å². The van der Waals surface area contributed by atoms with Gasteiger partial charge in [-0.15, -0.1) is 0 Å². The Morgan fingerprint density at radius 3 is 2.73 bits per heavy atom. The van der Waals surface area contributed by atoms with E-state index in [4.69, 9.17) is 0 Å². The van der Waals surface area contributed by atoms with Crippen LogP contribution in [0.3, 0.4) is 0 Å². The van der Waals surface area contributed by atoms with Crippen LogP contribution in [-0.4, -0.2) is 33.2 Å². The van der Waals surface area contributed by atoms with Crippen molar-refractivity contribution in [3.05, 3.63) is 36.2 Å². The predicted molar refractivity (Wildman–Crippen MR) is 91.0 cm³/mol. The van der Waals surface area contributed by atoms with Gasteiger partial charge in [0, 0.05) is 19.4 Å². The van der Waals surface area contributed by atoms with E-state index in [1.807, 2.05) is 0 Å². The maximum Gasteiger partial charge on any atom is 0.416 e. The van der Waals surface area contributed by atoms with Crippen LogP contribution in [0, 0.1) is 0 Å². The van der Waals surface area contributed by atoms with Crippen LogP contribution >= 0.6 is 11.8 Å². The summed E-state index contributed by atoms with van der Waals surface area (Å²) in [6, 6.07) is 2.93. The van der Waals surface area contributed by atoms with Crippen molar-refractivity contribution in [2.24, 2.45) is 7.05 Å². The average molecular weight is 384 g/mol. The smallest absolute Gasteiger partial charge is 0.329 e. The Balaban J connectivity index is 1.88. The molecule has 138 valence electrons. The molecule has 10 heteroatoms. The number of anilines is 2. The van der Waals surface area contributed by atoms with Crippen molar-refractivity contribution < 1.29 is 22.8 Å². The summed E-state index contributed by atoms with van der Waals surface area (Å²) >= 11 is 1.21. The molecule has 1 N–H and O–H groups in total. The summed E-state index contributed by atoms with van der Waals surface area (Å²) in [5.41, 5.74) is -0.671. The maximum absolute atomic E-state index is 12.9. The number of carbonyl (C=O) groups excluding carboxylic acids is 2. The van der Waals surface area contributed by atoms with Gasteiger partial charge in [0.2, 0.25) is 11.8 Å². The van der Waals surface area contributed by atoms with Crippen molar-refractivity contribution in [2.75, 3.05) is 16.8 Å². The number of hydrogen-bond donors (Lipinski definition) is 1. The molecule has 0 fully saturated rings. The van der Waals surface area contributed by atoms with E-state index in [-0.39, 0.29) is 23.8 Å². The summed E-state index contributed by atoms with van der Waals surface area (Å²) < 4.78 is 40.4. The minimum atomic E-state index is -4.53. The maximum atomic E-state index is 12.9. The first-order valence-electron chi connectivity index (χ1n) is 7.63. The monoisotopic (exact) mass is 384 g/mol. The summed E-state index contributed by atoms with van der Waals surface area (Å²) in [5, 5.41) is 2.45. The lowest BCUT2D eigenvalue weighted by molar-refractivity contribution is -0.137. The van der Waals surface area contributed by atoms with E-state index in [1.165, 1.54) is 22.7 Å². The third kappa shape index (κ3) is 3.55. The fraction of sp³-hybridized carbons (Fsp3) is 0.312. The molecule has 2 heterocycles. The number of carbonyl (C=O) groups is 2. The van der Waals surface area contributed by atoms with Crippen molar-refractivity contribution in [1.29, 1.82) is 0 Å². The molecule has 1 aliphatic heterocycles. The largest absolute Gasteiger partial charge is 0.416 e. The second-order valence-corrected chi connectivity index (χ2v) is 7.09. The second kappa shape index (κ2) is 6.67. The summed E-state index contributed by atoms with van der Waals surface area (Å²) in [6.45, 7) is 1.42. The Hall–Kier alpha value is -2.49. The van der Waals surface area contributed by atoms with Crippen LogP contribution in [0.1, 0.15) is 12.5 Å². The third-order valence-corrected chi connectivity index (χ3v) is 5.02. The number of rotatable bonds is 3. The number of thioether (sulfide) groups is 1. The Kier molecular flexibility index (Phi) is 4.70. The lowest BCUT2D eigenvalue weighted by Crippen LogP contribution is -2.45. The van der Waals surface area contributed by atoms with Gasteiger partial charge in [0.25, 0.3) is 0 Å². The molecular formula is C16H15F3N4O2S. The molecule has 0 unspecified atom stereocenters. The highest BCUT2D eigenvalue weighted by Crippen LogP contribution is 2.37. The number of nitrogens with zero attached hydrogens (tertiary/aromatic N) is 3. The Labute approximate surface area is 151 Å². The summed E-state index contributed by atoms with van der Waals surface area (Å²) in [7, 11) is 1.79. The number of amides is 2. The number of aryl methyl sites for hydroxylation is 1. The molecule has 0 radical (unpaired) electrons. The van der Waals surface area contributed by atoms with Gasteiger partial charge in [0.1, 0.15) is 6.54 Å². The minimum Gasteiger partial charge on any atom is -0.329 e. The molecule has 26 heavy (non-hydrogen) atoms. The average Bonchev–Trinajstić information content (AvgIpc) is 2.96. The van der Waals surface area contributed by atoms with Gasteiger partial charge in [-0.2, -0.15) is 13.2 Å². The highest BCUT2D eigenvalue weighted by atomic mass is 32.2. The third-order valence-electron chi connectivity index (χ3n) is 3.86.